The molecule has 2 aromatic rings. The SMILES string of the molecule is CN=C(NCCc1ccccn1)NC(C)c1ccc(C)c(F)c1.I. The first-order valence-corrected chi connectivity index (χ1v) is 7.73. The van der Waals surface area contributed by atoms with Crippen LogP contribution in [0.5, 0.6) is 0 Å². The molecule has 2 N–H and O–H groups in total. The lowest BCUT2D eigenvalue weighted by Gasteiger charge is -2.18. The molecule has 0 amide bonds. The number of aliphatic imine (C=N–C) groups is 1. The van der Waals surface area contributed by atoms with Gasteiger partial charge in [-0.25, -0.2) is 4.39 Å². The van der Waals surface area contributed by atoms with E-state index in [-0.39, 0.29) is 35.8 Å². The highest BCUT2D eigenvalue weighted by Crippen LogP contribution is 2.16. The van der Waals surface area contributed by atoms with Gasteiger partial charge in [0.1, 0.15) is 5.82 Å². The Morgan fingerprint density at radius 2 is 2.08 bits per heavy atom. The lowest BCUT2D eigenvalue weighted by atomic mass is 10.1. The van der Waals surface area contributed by atoms with Crippen molar-refractivity contribution >= 4 is 29.9 Å². The summed E-state index contributed by atoms with van der Waals surface area (Å²) in [6.07, 6.45) is 2.60. The molecule has 0 aliphatic heterocycles. The van der Waals surface area contributed by atoms with Crippen molar-refractivity contribution < 1.29 is 4.39 Å². The zero-order chi connectivity index (χ0) is 16.7. The molecule has 0 bridgehead atoms. The number of hydrogen-bond donors (Lipinski definition) is 2. The minimum atomic E-state index is -0.186. The van der Waals surface area contributed by atoms with Crippen molar-refractivity contribution in [1.82, 2.24) is 15.6 Å². The van der Waals surface area contributed by atoms with Crippen molar-refractivity contribution in [2.45, 2.75) is 26.3 Å². The van der Waals surface area contributed by atoms with Gasteiger partial charge in [0.15, 0.2) is 5.96 Å². The summed E-state index contributed by atoms with van der Waals surface area (Å²) in [5, 5.41) is 6.52. The van der Waals surface area contributed by atoms with Crippen LogP contribution in [0.4, 0.5) is 4.39 Å². The summed E-state index contributed by atoms with van der Waals surface area (Å²) in [4.78, 5) is 8.49. The topological polar surface area (TPSA) is 49.3 Å². The maximum atomic E-state index is 13.7. The summed E-state index contributed by atoms with van der Waals surface area (Å²) in [5.41, 5.74) is 2.57. The van der Waals surface area contributed by atoms with Gasteiger partial charge in [0.05, 0.1) is 6.04 Å². The third-order valence-electron chi connectivity index (χ3n) is 3.67. The number of hydrogen-bond acceptors (Lipinski definition) is 2. The Kier molecular flexibility index (Phi) is 8.67. The first-order chi connectivity index (χ1) is 11.1. The summed E-state index contributed by atoms with van der Waals surface area (Å²) in [6.45, 7) is 4.47. The second-order valence-corrected chi connectivity index (χ2v) is 5.44. The van der Waals surface area contributed by atoms with Gasteiger partial charge in [-0.3, -0.25) is 9.98 Å². The number of aromatic nitrogens is 1. The van der Waals surface area contributed by atoms with E-state index in [0.29, 0.717) is 11.5 Å². The van der Waals surface area contributed by atoms with Crippen LogP contribution in [0.2, 0.25) is 0 Å². The predicted octanol–water partition coefficient (Wildman–Crippen LogP) is 3.62. The predicted molar refractivity (Wildman–Crippen MR) is 107 cm³/mol. The second kappa shape index (κ2) is 10.2. The van der Waals surface area contributed by atoms with Crippen molar-refractivity contribution in [3.63, 3.8) is 0 Å². The Balaban J connectivity index is 0.00000288. The largest absolute Gasteiger partial charge is 0.356 e. The highest BCUT2D eigenvalue weighted by molar-refractivity contribution is 14.0. The Morgan fingerprint density at radius 1 is 1.29 bits per heavy atom. The molecule has 130 valence electrons. The molecule has 1 atom stereocenters. The molecule has 2 rings (SSSR count). The molecule has 0 spiro atoms. The van der Waals surface area contributed by atoms with Gasteiger partial charge in [-0.2, -0.15) is 0 Å². The molecule has 6 heteroatoms. The number of guanidine groups is 1. The molecule has 0 saturated heterocycles. The number of aryl methyl sites for hydroxylation is 1. The van der Waals surface area contributed by atoms with E-state index >= 15 is 0 Å². The average Bonchev–Trinajstić information content (AvgIpc) is 2.57. The van der Waals surface area contributed by atoms with E-state index in [1.165, 1.54) is 0 Å². The van der Waals surface area contributed by atoms with Crippen LogP contribution < -0.4 is 10.6 Å². The van der Waals surface area contributed by atoms with E-state index in [1.54, 1.807) is 32.3 Å². The summed E-state index contributed by atoms with van der Waals surface area (Å²) < 4.78 is 13.7. The first-order valence-electron chi connectivity index (χ1n) is 7.73. The molecule has 1 aromatic heterocycles. The number of nitrogens with zero attached hydrogens (tertiary/aromatic N) is 2. The van der Waals surface area contributed by atoms with Crippen LogP contribution in [-0.2, 0) is 6.42 Å². The lowest BCUT2D eigenvalue weighted by molar-refractivity contribution is 0.607. The maximum absolute atomic E-state index is 13.7. The normalized spacial score (nSPS) is 12.2. The molecule has 24 heavy (non-hydrogen) atoms. The minimum absolute atomic E-state index is 0. The van der Waals surface area contributed by atoms with E-state index < -0.39 is 0 Å². The summed E-state index contributed by atoms with van der Waals surface area (Å²) in [7, 11) is 1.72. The van der Waals surface area contributed by atoms with Crippen LogP contribution in [0.25, 0.3) is 0 Å². The highest BCUT2D eigenvalue weighted by Gasteiger charge is 2.09. The van der Waals surface area contributed by atoms with Crippen LogP contribution in [0.1, 0.15) is 29.8 Å². The molecule has 1 heterocycles. The Hall–Kier alpha value is -1.70. The van der Waals surface area contributed by atoms with Gasteiger partial charge in [0.25, 0.3) is 0 Å². The smallest absolute Gasteiger partial charge is 0.191 e. The van der Waals surface area contributed by atoms with Gasteiger partial charge in [-0.1, -0.05) is 18.2 Å². The highest BCUT2D eigenvalue weighted by atomic mass is 127. The Bertz CT molecular complexity index is 661. The third-order valence-corrected chi connectivity index (χ3v) is 3.67. The van der Waals surface area contributed by atoms with Gasteiger partial charge >= 0.3 is 0 Å². The van der Waals surface area contributed by atoms with Crippen LogP contribution >= 0.6 is 24.0 Å². The monoisotopic (exact) mass is 442 g/mol. The third kappa shape index (κ3) is 6.07. The van der Waals surface area contributed by atoms with Crippen molar-refractivity contribution in [1.29, 1.82) is 0 Å². The number of halogens is 2. The van der Waals surface area contributed by atoms with Crippen LogP contribution in [0.3, 0.4) is 0 Å². The van der Waals surface area contributed by atoms with Crippen molar-refractivity contribution in [3.8, 4) is 0 Å². The quantitative estimate of drug-likeness (QED) is 0.423. The average molecular weight is 442 g/mol. The van der Waals surface area contributed by atoms with Crippen LogP contribution in [-0.4, -0.2) is 24.5 Å². The van der Waals surface area contributed by atoms with E-state index in [2.05, 4.69) is 20.6 Å². The number of nitrogens with one attached hydrogen (secondary N) is 2. The van der Waals surface area contributed by atoms with Crippen LogP contribution in [0, 0.1) is 12.7 Å². The van der Waals surface area contributed by atoms with E-state index in [4.69, 9.17) is 0 Å². The molecule has 0 fully saturated rings. The molecule has 4 nitrogen and oxygen atoms in total. The van der Waals surface area contributed by atoms with Gasteiger partial charge in [0.2, 0.25) is 0 Å². The number of pyridine rings is 1. The van der Waals surface area contributed by atoms with Gasteiger partial charge in [0, 0.05) is 31.9 Å². The van der Waals surface area contributed by atoms with Crippen LogP contribution in [0.15, 0.2) is 47.6 Å². The Labute approximate surface area is 160 Å². The molecule has 0 radical (unpaired) electrons. The van der Waals surface area contributed by atoms with Crippen molar-refractivity contribution in [2.75, 3.05) is 13.6 Å². The number of benzene rings is 1. The fourth-order valence-electron chi connectivity index (χ4n) is 2.22. The maximum Gasteiger partial charge on any atom is 0.191 e. The zero-order valence-electron chi connectivity index (χ0n) is 14.2. The summed E-state index contributed by atoms with van der Waals surface area (Å²) >= 11 is 0. The van der Waals surface area contributed by atoms with E-state index in [1.807, 2.05) is 31.2 Å². The summed E-state index contributed by atoms with van der Waals surface area (Å²) in [6, 6.07) is 11.1. The van der Waals surface area contributed by atoms with E-state index in [0.717, 1.165) is 24.2 Å². The fraction of sp³-hybridized carbons (Fsp3) is 0.333. The Morgan fingerprint density at radius 3 is 2.71 bits per heavy atom. The molecular formula is C18H24FIN4. The zero-order valence-corrected chi connectivity index (χ0v) is 16.5. The van der Waals surface area contributed by atoms with Gasteiger partial charge in [-0.15, -0.1) is 24.0 Å². The fourth-order valence-corrected chi connectivity index (χ4v) is 2.22. The summed E-state index contributed by atoms with van der Waals surface area (Å²) in [5.74, 6) is 0.503. The number of rotatable bonds is 5. The minimum Gasteiger partial charge on any atom is -0.356 e. The molecular weight excluding hydrogens is 418 g/mol. The molecule has 0 saturated carbocycles. The van der Waals surface area contributed by atoms with E-state index in [9.17, 15) is 4.39 Å². The van der Waals surface area contributed by atoms with Crippen molar-refractivity contribution in [3.05, 3.63) is 65.2 Å². The van der Waals surface area contributed by atoms with Gasteiger partial charge in [-0.05, 0) is 43.2 Å². The lowest BCUT2D eigenvalue weighted by Crippen LogP contribution is -2.39. The molecule has 0 aliphatic carbocycles. The first kappa shape index (κ1) is 20.3. The van der Waals surface area contributed by atoms with Crippen molar-refractivity contribution in [2.24, 2.45) is 4.99 Å². The van der Waals surface area contributed by atoms with Gasteiger partial charge < -0.3 is 10.6 Å². The molecule has 1 aromatic carbocycles. The second-order valence-electron chi connectivity index (χ2n) is 5.44. The molecule has 1 unspecified atom stereocenters. The molecule has 0 aliphatic rings. The standard InChI is InChI=1S/C18H23FN4.HI/c1-13-7-8-15(12-17(13)19)14(2)23-18(20-3)22-11-9-16-6-4-5-10-21-16;/h4-8,10,12,14H,9,11H2,1-3H3,(H2,20,22,23);1H.